The summed E-state index contributed by atoms with van der Waals surface area (Å²) in [5.74, 6) is -1.38. The molecule has 0 saturated carbocycles. The molecule has 0 radical (unpaired) electrons. The number of rotatable bonds is 4. The molecule has 0 saturated heterocycles. The Bertz CT molecular complexity index is 667. The lowest BCUT2D eigenvalue weighted by Crippen LogP contribution is -2.20. The number of benzene rings is 1. The van der Waals surface area contributed by atoms with E-state index in [-0.39, 0.29) is 18.0 Å². The van der Waals surface area contributed by atoms with Gasteiger partial charge in [0.25, 0.3) is 0 Å². The number of nitrogens with one attached hydrogen (secondary N) is 1. The molecule has 0 spiro atoms. The first-order valence-electron chi connectivity index (χ1n) is 5.78. The van der Waals surface area contributed by atoms with Crippen LogP contribution in [0.3, 0.4) is 0 Å². The molecule has 0 aliphatic carbocycles. The summed E-state index contributed by atoms with van der Waals surface area (Å²) >= 11 is 5.82. The van der Waals surface area contributed by atoms with E-state index in [4.69, 9.17) is 16.7 Å². The number of carbonyl (C=O) groups excluding carboxylic acids is 1. The molecule has 104 valence electrons. The second-order valence-corrected chi connectivity index (χ2v) is 4.60. The van der Waals surface area contributed by atoms with Crippen molar-refractivity contribution in [1.82, 2.24) is 9.78 Å². The molecule has 0 bridgehead atoms. The van der Waals surface area contributed by atoms with Crippen LogP contribution in [0, 0.1) is 6.92 Å². The molecule has 1 aromatic carbocycles. The first-order valence-corrected chi connectivity index (χ1v) is 6.16. The number of aromatic nitrogens is 2. The molecule has 20 heavy (non-hydrogen) atoms. The molecular formula is C13H12ClN3O3. The van der Waals surface area contributed by atoms with Crippen molar-refractivity contribution in [3.05, 3.63) is 46.7 Å². The summed E-state index contributed by atoms with van der Waals surface area (Å²) in [6.45, 7) is 1.54. The smallest absolute Gasteiger partial charge is 0.339 e. The highest BCUT2D eigenvalue weighted by molar-refractivity contribution is 6.30. The predicted octanol–water partition coefficient (Wildman–Crippen LogP) is 2.18. The van der Waals surface area contributed by atoms with Crippen LogP contribution in [-0.2, 0) is 11.3 Å². The van der Waals surface area contributed by atoms with Crippen molar-refractivity contribution in [3.63, 3.8) is 0 Å². The van der Waals surface area contributed by atoms with Gasteiger partial charge in [0.2, 0.25) is 5.91 Å². The predicted molar refractivity (Wildman–Crippen MR) is 74.0 cm³/mol. The van der Waals surface area contributed by atoms with Crippen molar-refractivity contribution in [2.45, 2.75) is 13.5 Å². The summed E-state index contributed by atoms with van der Waals surface area (Å²) in [4.78, 5) is 22.7. The Kier molecular flexibility index (Phi) is 4.05. The normalized spacial score (nSPS) is 10.3. The second kappa shape index (κ2) is 5.75. The van der Waals surface area contributed by atoms with Gasteiger partial charge in [0, 0.05) is 10.7 Å². The molecule has 7 heteroatoms. The van der Waals surface area contributed by atoms with Crippen LogP contribution in [0.25, 0.3) is 0 Å². The van der Waals surface area contributed by atoms with Gasteiger partial charge in [0.1, 0.15) is 12.1 Å². The molecule has 6 nitrogen and oxygen atoms in total. The molecule has 1 heterocycles. The van der Waals surface area contributed by atoms with Gasteiger partial charge in [-0.15, -0.1) is 0 Å². The van der Waals surface area contributed by atoms with Crippen LogP contribution < -0.4 is 5.32 Å². The molecule has 0 unspecified atom stereocenters. The molecule has 1 amide bonds. The molecule has 0 fully saturated rings. The highest BCUT2D eigenvalue weighted by Gasteiger charge is 2.14. The Morgan fingerprint density at radius 3 is 2.80 bits per heavy atom. The van der Waals surface area contributed by atoms with E-state index in [9.17, 15) is 9.59 Å². The van der Waals surface area contributed by atoms with Crippen molar-refractivity contribution in [2.75, 3.05) is 5.32 Å². The molecule has 1 aromatic heterocycles. The second-order valence-electron chi connectivity index (χ2n) is 4.16. The molecule has 0 atom stereocenters. The van der Waals surface area contributed by atoms with Gasteiger partial charge in [-0.1, -0.05) is 17.7 Å². The third-order valence-electron chi connectivity index (χ3n) is 2.74. The van der Waals surface area contributed by atoms with E-state index in [1.54, 1.807) is 31.2 Å². The summed E-state index contributed by atoms with van der Waals surface area (Å²) in [5, 5.41) is 16.0. The van der Waals surface area contributed by atoms with Gasteiger partial charge >= 0.3 is 5.97 Å². The van der Waals surface area contributed by atoms with Gasteiger partial charge in [0.15, 0.2) is 0 Å². The summed E-state index contributed by atoms with van der Waals surface area (Å²) in [6.07, 6.45) is 1.23. The Morgan fingerprint density at radius 1 is 1.45 bits per heavy atom. The summed E-state index contributed by atoms with van der Waals surface area (Å²) < 4.78 is 1.34. The third-order valence-corrected chi connectivity index (χ3v) is 2.97. The van der Waals surface area contributed by atoms with Crippen molar-refractivity contribution in [1.29, 1.82) is 0 Å². The van der Waals surface area contributed by atoms with Gasteiger partial charge in [-0.05, 0) is 25.1 Å². The molecule has 0 aliphatic rings. The number of carboxylic acid groups (broad SMARTS) is 1. The number of carbonyl (C=O) groups is 2. The van der Waals surface area contributed by atoms with E-state index in [2.05, 4.69) is 10.4 Å². The zero-order valence-corrected chi connectivity index (χ0v) is 11.4. The SMILES string of the molecule is Cc1c(C(=O)O)cnn1CC(=O)Nc1cccc(Cl)c1. The van der Waals surface area contributed by atoms with Crippen molar-refractivity contribution in [2.24, 2.45) is 0 Å². The first kappa shape index (κ1) is 14.1. The van der Waals surface area contributed by atoms with E-state index in [0.29, 0.717) is 16.4 Å². The Hall–Kier alpha value is -2.34. The average Bonchev–Trinajstić information content (AvgIpc) is 2.71. The van der Waals surface area contributed by atoms with Crippen molar-refractivity contribution >= 4 is 29.2 Å². The van der Waals surface area contributed by atoms with Crippen LogP contribution >= 0.6 is 11.6 Å². The quantitative estimate of drug-likeness (QED) is 0.905. The highest BCUT2D eigenvalue weighted by Crippen LogP contribution is 2.15. The van der Waals surface area contributed by atoms with Gasteiger partial charge < -0.3 is 10.4 Å². The summed E-state index contributed by atoms with van der Waals surface area (Å²) in [7, 11) is 0. The molecular weight excluding hydrogens is 282 g/mol. The number of hydrogen-bond acceptors (Lipinski definition) is 3. The Labute approximate surface area is 120 Å². The minimum Gasteiger partial charge on any atom is -0.478 e. The standard InChI is InChI=1S/C13H12ClN3O3/c1-8-11(13(19)20)6-15-17(8)7-12(18)16-10-4-2-3-9(14)5-10/h2-6H,7H2,1H3,(H,16,18)(H,19,20). The zero-order chi connectivity index (χ0) is 14.7. The first-order chi connectivity index (χ1) is 9.47. The minimum atomic E-state index is -1.07. The third kappa shape index (κ3) is 3.16. The largest absolute Gasteiger partial charge is 0.478 e. The minimum absolute atomic E-state index is 0.0639. The number of hydrogen-bond donors (Lipinski definition) is 2. The van der Waals surface area contributed by atoms with Crippen LogP contribution in [0.5, 0.6) is 0 Å². The van der Waals surface area contributed by atoms with Gasteiger partial charge in [-0.25, -0.2) is 4.79 Å². The maximum Gasteiger partial charge on any atom is 0.339 e. The number of anilines is 1. The monoisotopic (exact) mass is 293 g/mol. The summed E-state index contributed by atoms with van der Waals surface area (Å²) in [6, 6.07) is 6.76. The highest BCUT2D eigenvalue weighted by atomic mass is 35.5. The number of nitrogens with zero attached hydrogens (tertiary/aromatic N) is 2. The van der Waals surface area contributed by atoms with Gasteiger partial charge in [0.05, 0.1) is 11.9 Å². The number of aromatic carboxylic acids is 1. The van der Waals surface area contributed by atoms with Crippen molar-refractivity contribution < 1.29 is 14.7 Å². The lowest BCUT2D eigenvalue weighted by molar-refractivity contribution is -0.116. The Balaban J connectivity index is 2.07. The molecule has 2 rings (SSSR count). The maximum absolute atomic E-state index is 11.9. The zero-order valence-electron chi connectivity index (χ0n) is 10.6. The van der Waals surface area contributed by atoms with Crippen LogP contribution in [0.1, 0.15) is 16.1 Å². The average molecular weight is 294 g/mol. The van der Waals surface area contributed by atoms with Crippen LogP contribution in [0.15, 0.2) is 30.5 Å². The van der Waals surface area contributed by atoms with Crippen LogP contribution in [-0.4, -0.2) is 26.8 Å². The van der Waals surface area contributed by atoms with E-state index < -0.39 is 5.97 Å². The fraction of sp³-hybridized carbons (Fsp3) is 0.154. The lowest BCUT2D eigenvalue weighted by atomic mass is 10.3. The van der Waals surface area contributed by atoms with Crippen molar-refractivity contribution in [3.8, 4) is 0 Å². The molecule has 2 N–H and O–H groups in total. The number of carboxylic acids is 1. The van der Waals surface area contributed by atoms with Crippen LogP contribution in [0.2, 0.25) is 5.02 Å². The fourth-order valence-corrected chi connectivity index (χ4v) is 1.91. The molecule has 2 aromatic rings. The molecule has 0 aliphatic heterocycles. The van der Waals surface area contributed by atoms with Gasteiger partial charge in [-0.3, -0.25) is 9.48 Å². The van der Waals surface area contributed by atoms with Gasteiger partial charge in [-0.2, -0.15) is 5.10 Å². The van der Waals surface area contributed by atoms with Crippen LogP contribution in [0.4, 0.5) is 5.69 Å². The Morgan fingerprint density at radius 2 is 2.20 bits per heavy atom. The van der Waals surface area contributed by atoms with E-state index >= 15 is 0 Å². The maximum atomic E-state index is 11.9. The fourth-order valence-electron chi connectivity index (χ4n) is 1.72. The topological polar surface area (TPSA) is 84.2 Å². The van der Waals surface area contributed by atoms with E-state index in [1.165, 1.54) is 10.9 Å². The lowest BCUT2D eigenvalue weighted by Gasteiger charge is -2.07. The van der Waals surface area contributed by atoms with E-state index in [1.807, 2.05) is 0 Å². The number of amides is 1. The number of halogens is 1. The van der Waals surface area contributed by atoms with E-state index in [0.717, 1.165) is 0 Å². The summed E-state index contributed by atoms with van der Waals surface area (Å²) in [5.41, 5.74) is 1.09.